The molecule has 25 heavy (non-hydrogen) atoms. The van der Waals surface area contributed by atoms with Crippen LogP contribution in [0.4, 0.5) is 4.79 Å². The van der Waals surface area contributed by atoms with Crippen LogP contribution in [0.25, 0.3) is 0 Å². The third-order valence-corrected chi connectivity index (χ3v) is 4.54. The Kier molecular flexibility index (Phi) is 3.97. The van der Waals surface area contributed by atoms with Crippen molar-refractivity contribution in [3.8, 4) is 0 Å². The van der Waals surface area contributed by atoms with Gasteiger partial charge >= 0.3 is 12.1 Å². The van der Waals surface area contributed by atoms with E-state index in [0.717, 1.165) is 6.39 Å². The standard InChI is InChI=1S/C16H21N3O6/c1-15(2,3)25-14(23)19-7-16(8-19)6-18(5-10(16)13(21)22)12(20)11-4-17-9-24-11/h4,9-10H,5-8H2,1-3H3,(H,21,22)/t10-/m0/s1. The maximum Gasteiger partial charge on any atom is 0.410 e. The Morgan fingerprint density at radius 3 is 2.44 bits per heavy atom. The van der Waals surface area contributed by atoms with Crippen molar-refractivity contribution in [3.05, 3.63) is 18.4 Å². The molecule has 2 saturated heterocycles. The third kappa shape index (κ3) is 3.18. The lowest BCUT2D eigenvalue weighted by Crippen LogP contribution is -2.63. The second-order valence-electron chi connectivity index (χ2n) is 7.64. The van der Waals surface area contributed by atoms with Gasteiger partial charge in [0, 0.05) is 31.6 Å². The highest BCUT2D eigenvalue weighted by Crippen LogP contribution is 2.45. The second kappa shape index (κ2) is 5.75. The van der Waals surface area contributed by atoms with Gasteiger partial charge in [-0.3, -0.25) is 9.59 Å². The molecule has 9 nitrogen and oxygen atoms in total. The van der Waals surface area contributed by atoms with E-state index in [9.17, 15) is 19.5 Å². The summed E-state index contributed by atoms with van der Waals surface area (Å²) in [5, 5.41) is 9.55. The number of oxazole rings is 1. The quantitative estimate of drug-likeness (QED) is 0.848. The summed E-state index contributed by atoms with van der Waals surface area (Å²) < 4.78 is 10.3. The molecular formula is C16H21N3O6. The van der Waals surface area contributed by atoms with Crippen LogP contribution in [0.2, 0.25) is 0 Å². The number of carboxylic acid groups (broad SMARTS) is 1. The van der Waals surface area contributed by atoms with Crippen LogP contribution in [0.5, 0.6) is 0 Å². The molecule has 0 unspecified atom stereocenters. The van der Waals surface area contributed by atoms with E-state index in [1.54, 1.807) is 20.8 Å². The number of aliphatic carboxylic acids is 1. The zero-order valence-corrected chi connectivity index (χ0v) is 14.4. The van der Waals surface area contributed by atoms with Crippen LogP contribution < -0.4 is 0 Å². The predicted molar refractivity (Wildman–Crippen MR) is 83.8 cm³/mol. The normalized spacial score (nSPS) is 22.0. The average Bonchev–Trinajstić information content (AvgIpc) is 3.10. The smallest absolute Gasteiger partial charge is 0.410 e. The van der Waals surface area contributed by atoms with E-state index in [-0.39, 0.29) is 31.9 Å². The number of likely N-dealkylation sites (tertiary alicyclic amines) is 2. The van der Waals surface area contributed by atoms with Crippen LogP contribution in [-0.4, -0.2) is 69.6 Å². The fourth-order valence-electron chi connectivity index (χ4n) is 3.43. The lowest BCUT2D eigenvalue weighted by Gasteiger charge is -2.49. The average molecular weight is 351 g/mol. The van der Waals surface area contributed by atoms with E-state index in [1.807, 2.05) is 0 Å². The number of carboxylic acids is 1. The number of ether oxygens (including phenoxy) is 1. The molecule has 2 fully saturated rings. The van der Waals surface area contributed by atoms with Crippen LogP contribution >= 0.6 is 0 Å². The number of carbonyl (C=O) groups is 3. The van der Waals surface area contributed by atoms with Gasteiger partial charge in [0.15, 0.2) is 6.39 Å². The van der Waals surface area contributed by atoms with E-state index in [0.29, 0.717) is 0 Å². The van der Waals surface area contributed by atoms with Crippen molar-refractivity contribution in [2.24, 2.45) is 11.3 Å². The molecule has 1 atom stereocenters. The number of hydrogen-bond acceptors (Lipinski definition) is 6. The fourth-order valence-corrected chi connectivity index (χ4v) is 3.43. The van der Waals surface area contributed by atoms with Crippen LogP contribution in [-0.2, 0) is 9.53 Å². The molecule has 0 radical (unpaired) electrons. The monoisotopic (exact) mass is 351 g/mol. The molecular weight excluding hydrogens is 330 g/mol. The first kappa shape index (κ1) is 17.2. The van der Waals surface area contributed by atoms with Gasteiger partial charge in [0.25, 0.3) is 5.91 Å². The summed E-state index contributed by atoms with van der Waals surface area (Å²) in [4.78, 5) is 42.8. The van der Waals surface area contributed by atoms with E-state index in [2.05, 4.69) is 4.98 Å². The van der Waals surface area contributed by atoms with Crippen LogP contribution in [0.1, 0.15) is 31.3 Å². The first-order valence-corrected chi connectivity index (χ1v) is 8.00. The second-order valence-corrected chi connectivity index (χ2v) is 7.64. The lowest BCUT2D eigenvalue weighted by molar-refractivity contribution is -0.149. The fraction of sp³-hybridized carbons (Fsp3) is 0.625. The Hall–Kier alpha value is -2.58. The predicted octanol–water partition coefficient (Wildman–Crippen LogP) is 1.07. The largest absolute Gasteiger partial charge is 0.481 e. The van der Waals surface area contributed by atoms with E-state index in [1.165, 1.54) is 16.0 Å². The Morgan fingerprint density at radius 2 is 1.92 bits per heavy atom. The molecule has 0 aromatic carbocycles. The highest BCUT2D eigenvalue weighted by molar-refractivity contribution is 5.92. The molecule has 3 heterocycles. The minimum Gasteiger partial charge on any atom is -0.481 e. The molecule has 2 aliphatic heterocycles. The number of amides is 2. The number of carbonyl (C=O) groups excluding carboxylic acids is 2. The maximum atomic E-state index is 12.4. The summed E-state index contributed by atoms with van der Waals surface area (Å²) in [7, 11) is 0. The van der Waals surface area contributed by atoms with Gasteiger partial charge in [-0.1, -0.05) is 0 Å². The molecule has 1 aromatic rings. The number of nitrogens with zero attached hydrogens (tertiary/aromatic N) is 3. The molecule has 136 valence electrons. The van der Waals surface area contributed by atoms with Gasteiger partial charge in [0.05, 0.1) is 12.1 Å². The van der Waals surface area contributed by atoms with Crippen LogP contribution in [0.15, 0.2) is 17.0 Å². The molecule has 1 aromatic heterocycles. The Bertz CT molecular complexity index is 687. The summed E-state index contributed by atoms with van der Waals surface area (Å²) in [6.45, 7) is 6.15. The first-order valence-electron chi connectivity index (χ1n) is 8.00. The van der Waals surface area contributed by atoms with Gasteiger partial charge in [0.2, 0.25) is 5.76 Å². The zero-order valence-electron chi connectivity index (χ0n) is 14.4. The zero-order chi connectivity index (χ0) is 18.4. The summed E-state index contributed by atoms with van der Waals surface area (Å²) in [5.74, 6) is -2.03. The van der Waals surface area contributed by atoms with Crippen molar-refractivity contribution in [1.29, 1.82) is 0 Å². The molecule has 0 saturated carbocycles. The van der Waals surface area contributed by atoms with E-state index >= 15 is 0 Å². The number of hydrogen-bond donors (Lipinski definition) is 1. The molecule has 9 heteroatoms. The molecule has 1 N–H and O–H groups in total. The molecule has 3 rings (SSSR count). The Morgan fingerprint density at radius 1 is 1.28 bits per heavy atom. The molecule has 0 aliphatic carbocycles. The van der Waals surface area contributed by atoms with Gasteiger partial charge in [0.1, 0.15) is 5.60 Å². The van der Waals surface area contributed by atoms with Crippen molar-refractivity contribution >= 4 is 18.0 Å². The molecule has 1 spiro atoms. The van der Waals surface area contributed by atoms with E-state index in [4.69, 9.17) is 9.15 Å². The maximum absolute atomic E-state index is 12.4. The van der Waals surface area contributed by atoms with Crippen molar-refractivity contribution < 1.29 is 28.6 Å². The Labute approximate surface area is 144 Å². The summed E-state index contributed by atoms with van der Waals surface area (Å²) in [6.07, 6.45) is 1.99. The molecule has 0 bridgehead atoms. The van der Waals surface area contributed by atoms with E-state index < -0.39 is 34.9 Å². The molecule has 2 aliphatic rings. The van der Waals surface area contributed by atoms with Crippen LogP contribution in [0, 0.1) is 11.3 Å². The summed E-state index contributed by atoms with van der Waals surface area (Å²) >= 11 is 0. The highest BCUT2D eigenvalue weighted by atomic mass is 16.6. The van der Waals surface area contributed by atoms with Crippen molar-refractivity contribution in [3.63, 3.8) is 0 Å². The van der Waals surface area contributed by atoms with Crippen LogP contribution in [0.3, 0.4) is 0 Å². The van der Waals surface area contributed by atoms with Gasteiger partial charge in [-0.15, -0.1) is 0 Å². The van der Waals surface area contributed by atoms with Crippen molar-refractivity contribution in [2.75, 3.05) is 26.2 Å². The Balaban J connectivity index is 1.70. The van der Waals surface area contributed by atoms with Crippen molar-refractivity contribution in [2.45, 2.75) is 26.4 Å². The minimum absolute atomic E-state index is 0.0736. The lowest BCUT2D eigenvalue weighted by atomic mass is 9.72. The van der Waals surface area contributed by atoms with Gasteiger partial charge in [-0.25, -0.2) is 9.78 Å². The highest BCUT2D eigenvalue weighted by Gasteiger charge is 2.59. The SMILES string of the molecule is CC(C)(C)OC(=O)N1CC2(C1)CN(C(=O)c1cnco1)C[C@H]2C(=O)O. The topological polar surface area (TPSA) is 113 Å². The third-order valence-electron chi connectivity index (χ3n) is 4.54. The minimum atomic E-state index is -0.975. The number of aromatic nitrogens is 1. The van der Waals surface area contributed by atoms with Crippen molar-refractivity contribution in [1.82, 2.24) is 14.8 Å². The van der Waals surface area contributed by atoms with Gasteiger partial charge in [-0.05, 0) is 20.8 Å². The summed E-state index contributed by atoms with van der Waals surface area (Å²) in [6, 6.07) is 0. The van der Waals surface area contributed by atoms with Gasteiger partial charge in [-0.2, -0.15) is 0 Å². The summed E-state index contributed by atoms with van der Waals surface area (Å²) in [5.41, 5.74) is -1.27. The number of rotatable bonds is 2. The first-order chi connectivity index (χ1) is 11.6. The molecule has 2 amide bonds. The van der Waals surface area contributed by atoms with Gasteiger partial charge < -0.3 is 24.1 Å².